The van der Waals surface area contributed by atoms with Crippen molar-refractivity contribution < 1.29 is 36.7 Å². The summed E-state index contributed by atoms with van der Waals surface area (Å²) in [7, 11) is 1.39. The summed E-state index contributed by atoms with van der Waals surface area (Å²) in [5.74, 6) is -3.90. The summed E-state index contributed by atoms with van der Waals surface area (Å²) in [6.07, 6.45) is -5.63. The molecule has 0 radical (unpaired) electrons. The normalized spacial score (nSPS) is 21.7. The molecular formula is C25H22F4N2O4. The maximum atomic E-state index is 14.8. The third-order valence-corrected chi connectivity index (χ3v) is 6.18. The monoisotopic (exact) mass is 490 g/mol. The Morgan fingerprint density at radius 1 is 1.00 bits per heavy atom. The number of Topliss-reactive ketones (excluding diaryl/α,β-unsaturated/α-hetero) is 1. The molecule has 0 saturated carbocycles. The number of amides is 2. The van der Waals surface area contributed by atoms with Crippen molar-refractivity contribution in [2.75, 3.05) is 12.0 Å². The second-order valence-corrected chi connectivity index (χ2v) is 9.31. The van der Waals surface area contributed by atoms with Crippen molar-refractivity contribution in [3.8, 4) is 5.75 Å². The van der Waals surface area contributed by atoms with Crippen molar-refractivity contribution in [3.63, 3.8) is 0 Å². The first kappa shape index (κ1) is 24.4. The SMILES string of the molecule is COc1ccc(C(=O)N[C@]2(C(F)(F)F)C(=O)N(c3ccc(F)cc3)C3=C2C(=O)CC(C)(C)C3)cc1. The van der Waals surface area contributed by atoms with Gasteiger partial charge in [-0.1, -0.05) is 13.8 Å². The molecule has 0 unspecified atom stereocenters. The van der Waals surface area contributed by atoms with Gasteiger partial charge in [-0.25, -0.2) is 4.39 Å². The number of anilines is 1. The predicted octanol–water partition coefficient (Wildman–Crippen LogP) is 4.56. The van der Waals surface area contributed by atoms with Crippen LogP contribution in [0.1, 0.15) is 37.0 Å². The molecule has 1 heterocycles. The molecule has 2 aromatic rings. The number of methoxy groups -OCH3 is 1. The minimum Gasteiger partial charge on any atom is -0.497 e. The number of carbonyl (C=O) groups excluding carboxylic acids is 3. The minimum absolute atomic E-state index is 0.0343. The van der Waals surface area contributed by atoms with Crippen LogP contribution in [-0.4, -0.2) is 36.4 Å². The van der Waals surface area contributed by atoms with Crippen molar-refractivity contribution in [1.29, 1.82) is 0 Å². The first-order valence-electron chi connectivity index (χ1n) is 10.7. The number of hydrogen-bond donors (Lipinski definition) is 1. The summed E-state index contributed by atoms with van der Waals surface area (Å²) >= 11 is 0. The van der Waals surface area contributed by atoms with Gasteiger partial charge < -0.3 is 10.1 Å². The van der Waals surface area contributed by atoms with Crippen molar-refractivity contribution in [2.24, 2.45) is 5.41 Å². The lowest BCUT2D eigenvalue weighted by Crippen LogP contribution is -2.66. The molecule has 184 valence electrons. The van der Waals surface area contributed by atoms with E-state index in [2.05, 4.69) is 0 Å². The maximum Gasteiger partial charge on any atom is 0.425 e. The number of hydrogen-bond acceptors (Lipinski definition) is 4. The molecule has 1 N–H and O–H groups in total. The topological polar surface area (TPSA) is 75.7 Å². The molecule has 0 aromatic heterocycles. The summed E-state index contributed by atoms with van der Waals surface area (Å²) in [4.78, 5) is 40.6. The maximum absolute atomic E-state index is 14.8. The Bertz CT molecular complexity index is 1230. The lowest BCUT2D eigenvalue weighted by Gasteiger charge is -2.35. The van der Waals surface area contributed by atoms with Crippen LogP contribution in [0.25, 0.3) is 0 Å². The van der Waals surface area contributed by atoms with Gasteiger partial charge in [0, 0.05) is 23.4 Å². The van der Waals surface area contributed by atoms with Crippen LogP contribution in [0.2, 0.25) is 0 Å². The van der Waals surface area contributed by atoms with E-state index in [1.54, 1.807) is 13.8 Å². The highest BCUT2D eigenvalue weighted by Crippen LogP contribution is 2.52. The number of halogens is 4. The number of rotatable bonds is 4. The summed E-state index contributed by atoms with van der Waals surface area (Å²) < 4.78 is 63.0. The second-order valence-electron chi connectivity index (χ2n) is 9.31. The van der Waals surface area contributed by atoms with Crippen LogP contribution < -0.4 is 15.0 Å². The number of ether oxygens (including phenoxy) is 1. The highest BCUT2D eigenvalue weighted by Gasteiger charge is 2.72. The molecule has 2 aromatic carbocycles. The van der Waals surface area contributed by atoms with E-state index in [9.17, 15) is 31.9 Å². The molecule has 0 bridgehead atoms. The van der Waals surface area contributed by atoms with Gasteiger partial charge in [-0.2, -0.15) is 13.2 Å². The Labute approximate surface area is 198 Å². The fourth-order valence-corrected chi connectivity index (χ4v) is 4.60. The molecule has 1 atom stereocenters. The summed E-state index contributed by atoms with van der Waals surface area (Å²) in [6, 6.07) is 9.57. The zero-order chi connectivity index (χ0) is 25.8. The van der Waals surface area contributed by atoms with Gasteiger partial charge in [-0.15, -0.1) is 0 Å². The smallest absolute Gasteiger partial charge is 0.425 e. The largest absolute Gasteiger partial charge is 0.497 e. The first-order valence-corrected chi connectivity index (χ1v) is 10.7. The van der Waals surface area contributed by atoms with E-state index in [1.165, 1.54) is 31.4 Å². The molecule has 35 heavy (non-hydrogen) atoms. The van der Waals surface area contributed by atoms with Crippen LogP contribution in [0.3, 0.4) is 0 Å². The molecule has 0 spiro atoms. The number of alkyl halides is 3. The van der Waals surface area contributed by atoms with Crippen LogP contribution in [0.5, 0.6) is 5.75 Å². The lowest BCUT2D eigenvalue weighted by molar-refractivity contribution is -0.186. The van der Waals surface area contributed by atoms with E-state index in [0.717, 1.165) is 29.2 Å². The third-order valence-electron chi connectivity index (χ3n) is 6.18. The minimum atomic E-state index is -5.35. The van der Waals surface area contributed by atoms with Gasteiger partial charge in [0.1, 0.15) is 11.6 Å². The zero-order valence-corrected chi connectivity index (χ0v) is 19.1. The van der Waals surface area contributed by atoms with Gasteiger partial charge in [0.15, 0.2) is 5.78 Å². The van der Waals surface area contributed by atoms with Crippen molar-refractivity contribution >= 4 is 23.3 Å². The fraction of sp³-hybridized carbons (Fsp3) is 0.320. The van der Waals surface area contributed by atoms with E-state index in [-0.39, 0.29) is 29.8 Å². The Hall–Kier alpha value is -3.69. The van der Waals surface area contributed by atoms with E-state index >= 15 is 0 Å². The van der Waals surface area contributed by atoms with Gasteiger partial charge in [0.25, 0.3) is 11.8 Å². The van der Waals surface area contributed by atoms with Crippen LogP contribution in [-0.2, 0) is 9.59 Å². The molecule has 4 rings (SSSR count). The van der Waals surface area contributed by atoms with E-state index < -0.39 is 46.1 Å². The number of ketones is 1. The third kappa shape index (κ3) is 3.96. The molecule has 0 fully saturated rings. The van der Waals surface area contributed by atoms with Gasteiger partial charge in [0.2, 0.25) is 5.54 Å². The molecular weight excluding hydrogens is 468 g/mol. The van der Waals surface area contributed by atoms with Crippen LogP contribution >= 0.6 is 0 Å². The number of nitrogens with zero attached hydrogens (tertiary/aromatic N) is 1. The first-order chi connectivity index (χ1) is 16.3. The van der Waals surface area contributed by atoms with Crippen LogP contribution in [0.4, 0.5) is 23.2 Å². The zero-order valence-electron chi connectivity index (χ0n) is 19.1. The molecule has 1 aliphatic heterocycles. The highest BCUT2D eigenvalue weighted by atomic mass is 19.4. The van der Waals surface area contributed by atoms with Crippen molar-refractivity contribution in [2.45, 2.75) is 38.4 Å². The molecule has 2 amide bonds. The molecule has 6 nitrogen and oxygen atoms in total. The number of nitrogens with one attached hydrogen (secondary N) is 1. The highest BCUT2D eigenvalue weighted by molar-refractivity contribution is 6.21. The lowest BCUT2D eigenvalue weighted by atomic mass is 9.72. The number of allylic oxidation sites excluding steroid dienone is 1. The van der Waals surface area contributed by atoms with Gasteiger partial charge in [-0.05, 0) is 60.4 Å². The van der Waals surface area contributed by atoms with Crippen LogP contribution in [0.15, 0.2) is 59.8 Å². The summed E-state index contributed by atoms with van der Waals surface area (Å²) in [5.41, 5.74) is -5.50. The van der Waals surface area contributed by atoms with Gasteiger partial charge in [-0.3, -0.25) is 19.3 Å². The summed E-state index contributed by atoms with van der Waals surface area (Å²) in [5, 5.41) is 1.86. The van der Waals surface area contributed by atoms with Gasteiger partial charge in [0.05, 0.1) is 12.7 Å². The second kappa shape index (κ2) is 8.21. The van der Waals surface area contributed by atoms with Crippen molar-refractivity contribution in [3.05, 3.63) is 71.2 Å². The van der Waals surface area contributed by atoms with Crippen molar-refractivity contribution in [1.82, 2.24) is 5.32 Å². The van der Waals surface area contributed by atoms with Gasteiger partial charge >= 0.3 is 6.18 Å². The fourth-order valence-electron chi connectivity index (χ4n) is 4.60. The average Bonchev–Trinajstić information content (AvgIpc) is 3.02. The molecule has 0 saturated heterocycles. The average molecular weight is 490 g/mol. The molecule has 10 heteroatoms. The number of carbonyl (C=O) groups is 3. The molecule has 1 aliphatic carbocycles. The van der Waals surface area contributed by atoms with E-state index in [1.807, 2.05) is 5.32 Å². The molecule has 2 aliphatic rings. The van der Waals surface area contributed by atoms with E-state index in [0.29, 0.717) is 5.75 Å². The van der Waals surface area contributed by atoms with Crippen LogP contribution in [0, 0.1) is 11.2 Å². The number of benzene rings is 2. The Morgan fingerprint density at radius 2 is 1.60 bits per heavy atom. The Kier molecular flexibility index (Phi) is 5.73. The Balaban J connectivity index is 1.90. The predicted molar refractivity (Wildman–Crippen MR) is 118 cm³/mol. The standard InChI is InChI=1S/C25H22F4N2O4/c1-23(2)12-18-20(19(32)13-23)24(25(27,28)29,22(34)31(18)16-8-6-15(26)7-9-16)30-21(33)14-4-10-17(35-3)11-5-14/h4-11H,12-13H2,1-3H3,(H,30,33)/t24-/m0/s1. The summed E-state index contributed by atoms with van der Waals surface area (Å²) in [6.45, 7) is 3.40. The Morgan fingerprint density at radius 3 is 2.14 bits per heavy atom. The van der Waals surface area contributed by atoms with E-state index in [4.69, 9.17) is 4.74 Å². The quantitative estimate of drug-likeness (QED) is 0.638.